The van der Waals surface area contributed by atoms with Gasteiger partial charge >= 0.3 is 0 Å². The van der Waals surface area contributed by atoms with Crippen molar-refractivity contribution in [3.63, 3.8) is 0 Å². The van der Waals surface area contributed by atoms with Crippen molar-refractivity contribution in [3.8, 4) is 0 Å². The van der Waals surface area contributed by atoms with E-state index in [1.165, 1.54) is 18.6 Å². The van der Waals surface area contributed by atoms with Crippen molar-refractivity contribution in [1.29, 1.82) is 0 Å². The summed E-state index contributed by atoms with van der Waals surface area (Å²) in [7, 11) is 4.00. The van der Waals surface area contributed by atoms with Crippen LogP contribution in [0.5, 0.6) is 0 Å². The minimum absolute atomic E-state index is 0.113. The molecule has 3 rings (SSSR count). The molecular weight excluding hydrogens is 348 g/mol. The maximum atomic E-state index is 12.5. The first-order valence-electron chi connectivity index (χ1n) is 8.85. The summed E-state index contributed by atoms with van der Waals surface area (Å²) in [6.07, 6.45) is 8.79. The Balaban J connectivity index is 1.53. The van der Waals surface area contributed by atoms with E-state index in [2.05, 4.69) is 22.4 Å². The van der Waals surface area contributed by atoms with Crippen LogP contribution in [0.3, 0.4) is 0 Å². The molecule has 1 N–H and O–H groups in total. The van der Waals surface area contributed by atoms with Crippen molar-refractivity contribution in [2.75, 3.05) is 5.75 Å². The monoisotopic (exact) mass is 372 g/mol. The molecule has 1 aromatic carbocycles. The third kappa shape index (κ3) is 5.79. The summed E-state index contributed by atoms with van der Waals surface area (Å²) >= 11 is 0. The Labute approximate surface area is 157 Å². The molecule has 132 valence electrons. The molecule has 0 saturated carbocycles. The average Bonchev–Trinajstić information content (AvgIpc) is 3.18. The number of hydrogen-bond donors (Lipinski definition) is 1. The van der Waals surface area contributed by atoms with E-state index >= 15 is 0 Å². The molecule has 1 aromatic heterocycles. The smallest absolute Gasteiger partial charge is 0.220 e. The number of aromatic nitrogens is 1. The minimum atomic E-state index is -0.113. The van der Waals surface area contributed by atoms with Gasteiger partial charge in [0.05, 0.1) is 6.04 Å². The summed E-state index contributed by atoms with van der Waals surface area (Å²) in [5.41, 5.74) is 2.16. The molecule has 1 saturated heterocycles. The Morgan fingerprint density at radius 1 is 1.12 bits per heavy atom. The van der Waals surface area contributed by atoms with Crippen molar-refractivity contribution in [1.82, 2.24) is 10.3 Å². The lowest BCUT2D eigenvalue weighted by Crippen LogP contribution is -2.29. The Bertz CT molecular complexity index is 606. The van der Waals surface area contributed by atoms with E-state index in [9.17, 15) is 4.79 Å². The summed E-state index contributed by atoms with van der Waals surface area (Å²) in [6, 6.07) is 13.9. The molecule has 5 heteroatoms. The second-order valence-corrected chi connectivity index (χ2v) is 9.05. The molecule has 2 unspecified atom stereocenters. The Morgan fingerprint density at radius 2 is 1.88 bits per heavy atom. The molecule has 1 fully saturated rings. The van der Waals surface area contributed by atoms with Crippen LogP contribution in [0, 0.1) is 0 Å². The first kappa shape index (κ1) is 18.3. The van der Waals surface area contributed by atoms with Gasteiger partial charge in [-0.25, -0.2) is 0 Å². The van der Waals surface area contributed by atoms with Gasteiger partial charge in [0.2, 0.25) is 5.91 Å². The lowest BCUT2D eigenvalue weighted by atomic mass is 9.99. The standard InChI is InChI=1S/C20H24N2OS2/c23-19(9-5-4-8-18-12-15-24-25-18)22-20(16-6-2-1-3-7-16)17-10-13-21-14-11-17/h1-3,6-7,10-11,13-14,18,20H,4-5,8-9,12,15H2,(H,22,23). The number of pyridine rings is 1. The molecule has 0 radical (unpaired) electrons. The van der Waals surface area contributed by atoms with Gasteiger partial charge < -0.3 is 5.32 Å². The molecule has 0 spiro atoms. The molecule has 2 aromatic rings. The number of carbonyl (C=O) groups is 1. The van der Waals surface area contributed by atoms with Crippen LogP contribution < -0.4 is 5.32 Å². The molecule has 2 atom stereocenters. The van der Waals surface area contributed by atoms with E-state index in [0.29, 0.717) is 6.42 Å². The predicted octanol–water partition coefficient (Wildman–Crippen LogP) is 5.00. The summed E-state index contributed by atoms with van der Waals surface area (Å²) in [6.45, 7) is 0. The number of unbranched alkanes of at least 4 members (excludes halogenated alkanes) is 1. The van der Waals surface area contributed by atoms with Gasteiger partial charge in [0.15, 0.2) is 0 Å². The van der Waals surface area contributed by atoms with Crippen LogP contribution in [0.2, 0.25) is 0 Å². The second-order valence-electron chi connectivity index (χ2n) is 6.27. The zero-order chi connectivity index (χ0) is 17.3. The molecule has 1 aliphatic rings. The van der Waals surface area contributed by atoms with Crippen molar-refractivity contribution >= 4 is 27.5 Å². The van der Waals surface area contributed by atoms with E-state index in [-0.39, 0.29) is 11.9 Å². The molecular formula is C20H24N2OS2. The average molecular weight is 373 g/mol. The Morgan fingerprint density at radius 3 is 2.60 bits per heavy atom. The number of benzene rings is 1. The number of nitrogens with zero attached hydrogens (tertiary/aromatic N) is 1. The highest BCUT2D eigenvalue weighted by Crippen LogP contribution is 2.39. The van der Waals surface area contributed by atoms with Crippen molar-refractivity contribution < 1.29 is 4.79 Å². The van der Waals surface area contributed by atoms with Crippen molar-refractivity contribution in [3.05, 3.63) is 66.0 Å². The number of carbonyl (C=O) groups excluding carboxylic acids is 1. The molecule has 0 aliphatic carbocycles. The van der Waals surface area contributed by atoms with E-state index in [4.69, 9.17) is 0 Å². The number of amides is 1. The predicted molar refractivity (Wildman–Crippen MR) is 108 cm³/mol. The number of nitrogens with one attached hydrogen (secondary N) is 1. The highest BCUT2D eigenvalue weighted by molar-refractivity contribution is 8.77. The quantitative estimate of drug-likeness (QED) is 0.523. The molecule has 1 aliphatic heterocycles. The summed E-state index contributed by atoms with van der Waals surface area (Å²) in [5, 5.41) is 4.00. The van der Waals surface area contributed by atoms with Crippen LogP contribution in [0.25, 0.3) is 0 Å². The van der Waals surface area contributed by atoms with Crippen molar-refractivity contribution in [2.45, 2.75) is 43.4 Å². The van der Waals surface area contributed by atoms with Crippen LogP contribution in [0.15, 0.2) is 54.9 Å². The van der Waals surface area contributed by atoms with Gasteiger partial charge in [-0.05, 0) is 42.5 Å². The summed E-state index contributed by atoms with van der Waals surface area (Å²) in [4.78, 5) is 16.5. The maximum Gasteiger partial charge on any atom is 0.220 e. The van der Waals surface area contributed by atoms with Crippen LogP contribution >= 0.6 is 21.6 Å². The topological polar surface area (TPSA) is 42.0 Å². The van der Waals surface area contributed by atoms with E-state index in [1.807, 2.05) is 51.9 Å². The molecule has 0 bridgehead atoms. The van der Waals surface area contributed by atoms with Gasteiger partial charge in [0.1, 0.15) is 0 Å². The van der Waals surface area contributed by atoms with E-state index in [1.54, 1.807) is 12.4 Å². The lowest BCUT2D eigenvalue weighted by molar-refractivity contribution is -0.121. The van der Waals surface area contributed by atoms with Crippen molar-refractivity contribution in [2.24, 2.45) is 0 Å². The van der Waals surface area contributed by atoms with Gasteiger partial charge in [0, 0.05) is 29.8 Å². The summed E-state index contributed by atoms with van der Waals surface area (Å²) < 4.78 is 0. The largest absolute Gasteiger partial charge is 0.345 e. The van der Waals surface area contributed by atoms with Crippen LogP contribution in [0.4, 0.5) is 0 Å². The van der Waals surface area contributed by atoms with Gasteiger partial charge in [-0.15, -0.1) is 0 Å². The normalized spacial score (nSPS) is 18.0. The lowest BCUT2D eigenvalue weighted by Gasteiger charge is -2.20. The van der Waals surface area contributed by atoms with Gasteiger partial charge in [0.25, 0.3) is 0 Å². The zero-order valence-electron chi connectivity index (χ0n) is 14.3. The minimum Gasteiger partial charge on any atom is -0.345 e. The molecule has 2 heterocycles. The maximum absolute atomic E-state index is 12.5. The highest BCUT2D eigenvalue weighted by atomic mass is 33.1. The van der Waals surface area contributed by atoms with Crippen LogP contribution in [-0.4, -0.2) is 21.9 Å². The summed E-state index contributed by atoms with van der Waals surface area (Å²) in [5.74, 6) is 1.40. The van der Waals surface area contributed by atoms with Gasteiger partial charge in [-0.1, -0.05) is 58.3 Å². The Hall–Kier alpha value is -1.46. The third-order valence-corrected chi connectivity index (χ3v) is 7.39. The number of hydrogen-bond acceptors (Lipinski definition) is 4. The fourth-order valence-electron chi connectivity index (χ4n) is 3.02. The first-order chi connectivity index (χ1) is 12.3. The van der Waals surface area contributed by atoms with Crippen LogP contribution in [0.1, 0.15) is 49.3 Å². The zero-order valence-corrected chi connectivity index (χ0v) is 15.9. The van der Waals surface area contributed by atoms with Gasteiger partial charge in [-0.3, -0.25) is 9.78 Å². The van der Waals surface area contributed by atoms with E-state index < -0.39 is 0 Å². The van der Waals surface area contributed by atoms with E-state index in [0.717, 1.165) is 29.2 Å². The second kappa shape index (κ2) is 9.88. The molecule has 1 amide bonds. The fraction of sp³-hybridized carbons (Fsp3) is 0.400. The van der Waals surface area contributed by atoms with Gasteiger partial charge in [-0.2, -0.15) is 0 Å². The van der Waals surface area contributed by atoms with Crippen LogP contribution in [-0.2, 0) is 4.79 Å². The highest BCUT2D eigenvalue weighted by Gasteiger charge is 2.18. The SMILES string of the molecule is O=C(CCCCC1CCSS1)NC(c1ccccc1)c1ccncc1. The Kier molecular flexibility index (Phi) is 7.24. The number of rotatable bonds is 8. The first-order valence-corrected chi connectivity index (χ1v) is 11.2. The molecule has 3 nitrogen and oxygen atoms in total. The molecule has 25 heavy (non-hydrogen) atoms. The third-order valence-electron chi connectivity index (χ3n) is 4.38. The fourth-order valence-corrected chi connectivity index (χ4v) is 6.04.